The van der Waals surface area contributed by atoms with Crippen molar-refractivity contribution in [3.63, 3.8) is 0 Å². The summed E-state index contributed by atoms with van der Waals surface area (Å²) in [6.07, 6.45) is 0.327. The van der Waals surface area contributed by atoms with Crippen LogP contribution in [-0.2, 0) is 13.6 Å². The summed E-state index contributed by atoms with van der Waals surface area (Å²) in [6.45, 7) is 0. The van der Waals surface area contributed by atoms with Gasteiger partial charge in [-0.1, -0.05) is 18.2 Å². The van der Waals surface area contributed by atoms with Gasteiger partial charge in [-0.05, 0) is 6.07 Å². The Morgan fingerprint density at radius 2 is 1.94 bits per heavy atom. The molecule has 0 aromatic heterocycles. The highest BCUT2D eigenvalue weighted by atomic mass is 31.2. The van der Waals surface area contributed by atoms with Gasteiger partial charge in [-0.3, -0.25) is 14.2 Å². The standard InChI is InChI=1S/C11H14NO5P/c1-16-18(15,17-2)8-12-11(14)10-6-4-3-5-9(10)7-13/h3-7H,8H2,1-2H3,(H,12,14). The Morgan fingerprint density at radius 1 is 1.33 bits per heavy atom. The SMILES string of the molecule is COP(=O)(CNC(=O)c1ccccc1C=O)OC. The topological polar surface area (TPSA) is 81.7 Å². The van der Waals surface area contributed by atoms with E-state index >= 15 is 0 Å². The van der Waals surface area contributed by atoms with Crippen LogP contribution in [0, 0.1) is 0 Å². The first-order chi connectivity index (χ1) is 8.56. The second-order valence-electron chi connectivity index (χ2n) is 3.35. The van der Waals surface area contributed by atoms with Gasteiger partial charge >= 0.3 is 7.60 Å². The minimum atomic E-state index is -3.30. The van der Waals surface area contributed by atoms with Crippen molar-refractivity contribution in [3.8, 4) is 0 Å². The molecule has 0 aliphatic heterocycles. The van der Waals surface area contributed by atoms with Crippen LogP contribution in [0.5, 0.6) is 0 Å². The highest BCUT2D eigenvalue weighted by Gasteiger charge is 2.22. The van der Waals surface area contributed by atoms with Crippen molar-refractivity contribution in [1.29, 1.82) is 0 Å². The highest BCUT2D eigenvalue weighted by Crippen LogP contribution is 2.44. The Hall–Kier alpha value is -1.49. The number of amides is 1. The molecule has 1 amide bonds. The van der Waals surface area contributed by atoms with Crippen LogP contribution in [0.4, 0.5) is 0 Å². The average molecular weight is 271 g/mol. The third-order valence-corrected chi connectivity index (χ3v) is 3.98. The smallest absolute Gasteiger partial charge is 0.340 e. The number of rotatable bonds is 6. The zero-order chi connectivity index (χ0) is 13.6. The molecule has 0 bridgehead atoms. The Bertz CT molecular complexity index is 480. The van der Waals surface area contributed by atoms with Crippen molar-refractivity contribution in [2.45, 2.75) is 0 Å². The molecule has 0 aliphatic rings. The zero-order valence-corrected chi connectivity index (χ0v) is 11.0. The summed E-state index contributed by atoms with van der Waals surface area (Å²) in [7, 11) is -0.835. The van der Waals surface area contributed by atoms with Crippen LogP contribution in [0.1, 0.15) is 20.7 Å². The first-order valence-corrected chi connectivity index (χ1v) is 6.82. The molecule has 0 saturated carbocycles. The molecular weight excluding hydrogens is 257 g/mol. The molecule has 98 valence electrons. The first-order valence-electron chi connectivity index (χ1n) is 5.09. The van der Waals surface area contributed by atoms with E-state index in [-0.39, 0.29) is 17.4 Å². The van der Waals surface area contributed by atoms with Crippen LogP contribution in [0.15, 0.2) is 24.3 Å². The van der Waals surface area contributed by atoms with Gasteiger partial charge in [0, 0.05) is 25.3 Å². The summed E-state index contributed by atoms with van der Waals surface area (Å²) in [5.41, 5.74) is 0.478. The lowest BCUT2D eigenvalue weighted by Crippen LogP contribution is -2.26. The predicted octanol–water partition coefficient (Wildman–Crippen LogP) is 1.67. The predicted molar refractivity (Wildman–Crippen MR) is 65.8 cm³/mol. The summed E-state index contributed by atoms with van der Waals surface area (Å²) in [5.74, 6) is -0.507. The van der Waals surface area contributed by atoms with Gasteiger partial charge in [0.05, 0.1) is 0 Å². The lowest BCUT2D eigenvalue weighted by molar-refractivity contribution is 0.0950. The zero-order valence-electron chi connectivity index (χ0n) is 10.1. The second-order valence-corrected chi connectivity index (χ2v) is 5.61. The van der Waals surface area contributed by atoms with Crippen LogP contribution in [0.3, 0.4) is 0 Å². The van der Waals surface area contributed by atoms with Gasteiger partial charge < -0.3 is 14.4 Å². The van der Waals surface area contributed by atoms with E-state index < -0.39 is 13.5 Å². The molecule has 0 unspecified atom stereocenters. The van der Waals surface area contributed by atoms with Crippen molar-refractivity contribution in [1.82, 2.24) is 5.32 Å². The van der Waals surface area contributed by atoms with Gasteiger partial charge in [0.15, 0.2) is 6.29 Å². The molecule has 18 heavy (non-hydrogen) atoms. The van der Waals surface area contributed by atoms with Crippen LogP contribution in [0.25, 0.3) is 0 Å². The Kier molecular flexibility index (Phi) is 5.22. The lowest BCUT2D eigenvalue weighted by atomic mass is 10.1. The van der Waals surface area contributed by atoms with Crippen molar-refractivity contribution < 1.29 is 23.2 Å². The molecule has 0 atom stereocenters. The number of aldehydes is 1. The Labute approximate surface area is 105 Å². The lowest BCUT2D eigenvalue weighted by Gasteiger charge is -2.14. The van der Waals surface area contributed by atoms with E-state index in [4.69, 9.17) is 0 Å². The molecule has 1 rings (SSSR count). The third kappa shape index (κ3) is 3.50. The molecule has 0 heterocycles. The van der Waals surface area contributed by atoms with Gasteiger partial charge in [-0.2, -0.15) is 0 Å². The number of nitrogens with one attached hydrogen (secondary N) is 1. The summed E-state index contributed by atoms with van der Waals surface area (Å²) in [6, 6.07) is 6.31. The molecule has 0 radical (unpaired) electrons. The van der Waals surface area contributed by atoms with Crippen molar-refractivity contribution in [2.24, 2.45) is 0 Å². The Morgan fingerprint density at radius 3 is 2.50 bits per heavy atom. The molecule has 6 nitrogen and oxygen atoms in total. The van der Waals surface area contributed by atoms with E-state index in [9.17, 15) is 14.2 Å². The fourth-order valence-corrected chi connectivity index (χ4v) is 2.02. The van der Waals surface area contributed by atoms with Crippen LogP contribution < -0.4 is 5.32 Å². The van der Waals surface area contributed by atoms with E-state index in [1.807, 2.05) is 0 Å². The normalized spacial score (nSPS) is 11.0. The monoisotopic (exact) mass is 271 g/mol. The van der Waals surface area contributed by atoms with Crippen molar-refractivity contribution in [2.75, 3.05) is 20.5 Å². The molecular formula is C11H14NO5P. The first kappa shape index (κ1) is 14.6. The highest BCUT2D eigenvalue weighted by molar-refractivity contribution is 7.53. The number of benzene rings is 1. The minimum absolute atomic E-state index is 0.214. The van der Waals surface area contributed by atoms with Crippen LogP contribution >= 0.6 is 7.60 Å². The summed E-state index contributed by atoms with van der Waals surface area (Å²) in [4.78, 5) is 22.6. The molecule has 0 spiro atoms. The van der Waals surface area contributed by atoms with E-state index in [1.54, 1.807) is 12.1 Å². The van der Waals surface area contributed by atoms with Gasteiger partial charge in [-0.25, -0.2) is 0 Å². The maximum Gasteiger partial charge on any atom is 0.349 e. The summed E-state index contributed by atoms with van der Waals surface area (Å²) < 4.78 is 21.1. The number of hydrogen-bond donors (Lipinski definition) is 1. The quantitative estimate of drug-likeness (QED) is 0.628. The minimum Gasteiger partial charge on any atom is -0.340 e. The largest absolute Gasteiger partial charge is 0.349 e. The molecule has 1 aromatic carbocycles. The van der Waals surface area contributed by atoms with Gasteiger partial charge in [0.25, 0.3) is 5.91 Å². The number of hydrogen-bond acceptors (Lipinski definition) is 5. The van der Waals surface area contributed by atoms with E-state index in [0.717, 1.165) is 0 Å². The van der Waals surface area contributed by atoms with Gasteiger partial charge in [0.2, 0.25) is 0 Å². The molecule has 0 fully saturated rings. The summed E-state index contributed by atoms with van der Waals surface area (Å²) in [5, 5.41) is 2.41. The maximum absolute atomic E-state index is 11.8. The van der Waals surface area contributed by atoms with E-state index in [2.05, 4.69) is 14.4 Å². The molecule has 1 aromatic rings. The molecule has 1 N–H and O–H groups in total. The fraction of sp³-hybridized carbons (Fsp3) is 0.273. The van der Waals surface area contributed by atoms with Crippen LogP contribution in [-0.4, -0.2) is 32.7 Å². The molecule has 7 heteroatoms. The molecule has 0 aliphatic carbocycles. The number of carbonyl (C=O) groups is 2. The summed E-state index contributed by atoms with van der Waals surface area (Å²) >= 11 is 0. The van der Waals surface area contributed by atoms with Crippen molar-refractivity contribution >= 4 is 19.8 Å². The van der Waals surface area contributed by atoms with Gasteiger partial charge in [0.1, 0.15) is 6.29 Å². The number of carbonyl (C=O) groups excluding carboxylic acids is 2. The third-order valence-electron chi connectivity index (χ3n) is 2.32. The maximum atomic E-state index is 11.8. The van der Waals surface area contributed by atoms with Gasteiger partial charge in [-0.15, -0.1) is 0 Å². The van der Waals surface area contributed by atoms with E-state index in [1.165, 1.54) is 26.4 Å². The van der Waals surface area contributed by atoms with Crippen molar-refractivity contribution in [3.05, 3.63) is 35.4 Å². The fourth-order valence-electron chi connectivity index (χ4n) is 1.27. The second kappa shape index (κ2) is 6.44. The van der Waals surface area contributed by atoms with Crippen LogP contribution in [0.2, 0.25) is 0 Å². The Balaban J connectivity index is 2.77. The van der Waals surface area contributed by atoms with E-state index in [0.29, 0.717) is 6.29 Å². The average Bonchev–Trinajstić information content (AvgIpc) is 2.44. The molecule has 0 saturated heterocycles.